The van der Waals surface area contributed by atoms with Crippen LogP contribution in [0.3, 0.4) is 0 Å². The molecule has 1 saturated heterocycles. The minimum Gasteiger partial charge on any atom is -0.477 e. The van der Waals surface area contributed by atoms with Crippen LogP contribution in [0.2, 0.25) is 0 Å². The summed E-state index contributed by atoms with van der Waals surface area (Å²) in [5.41, 5.74) is 43.3. The SMILES string of the molecule is C[C@H](NC(=O)[C@@H](NC(=O)[C@@H](N)CCCCN)[C@@H](O)CN)C(=O)NCC(=O)N=C(CCCN)C(=O)N1CCC[C@H]1C(=O)N[C@@H](CCCNC(N)=O)C(=O)N[C@@H](CCCCN)C(=O)N/C(=C\CCN=C(N)N)C(=O)O. The average Bonchev–Trinajstić information content (AvgIpc) is 3.84. The molecule has 0 spiro atoms. The van der Waals surface area contributed by atoms with E-state index in [4.69, 9.17) is 45.9 Å². The molecule has 0 unspecified atom stereocenters. The maximum Gasteiger partial charge on any atom is 0.352 e. The Bertz CT molecular complexity index is 1970. The fraction of sp³-hybridized carbons (Fsp3) is 0.674. The van der Waals surface area contributed by atoms with Crippen LogP contribution in [-0.2, 0) is 43.2 Å². The Labute approximate surface area is 423 Å². The number of nitrogens with zero attached hydrogens (tertiary/aromatic N) is 3. The van der Waals surface area contributed by atoms with Crippen LogP contribution in [0.4, 0.5) is 4.79 Å². The van der Waals surface area contributed by atoms with Crippen molar-refractivity contribution < 1.29 is 58.2 Å². The number of aliphatic hydroxyl groups excluding tert-OH is 1. The molecule has 7 atom stereocenters. The van der Waals surface area contributed by atoms with Gasteiger partial charge in [-0.3, -0.25) is 43.3 Å². The van der Waals surface area contributed by atoms with Crippen LogP contribution in [0, 0.1) is 0 Å². The summed E-state index contributed by atoms with van der Waals surface area (Å²) < 4.78 is 0. The van der Waals surface area contributed by atoms with Gasteiger partial charge in [0.05, 0.1) is 18.7 Å². The molecule has 30 heteroatoms. The van der Waals surface area contributed by atoms with Crippen LogP contribution in [0.5, 0.6) is 0 Å². The number of carbonyl (C=O) groups is 10. The fourth-order valence-electron chi connectivity index (χ4n) is 7.08. The number of hydrogen-bond acceptors (Lipinski definition) is 17. The number of unbranched alkanes of at least 4 members (excludes halogenated alkanes) is 2. The first-order chi connectivity index (χ1) is 34.6. The molecule has 30 nitrogen and oxygen atoms in total. The summed E-state index contributed by atoms with van der Waals surface area (Å²) in [5, 5.41) is 37.0. The molecule has 73 heavy (non-hydrogen) atoms. The molecule has 0 aromatic heterocycles. The summed E-state index contributed by atoms with van der Waals surface area (Å²) in [5.74, 6) is -8.61. The average molecular weight is 1040 g/mol. The molecule has 25 N–H and O–H groups in total. The van der Waals surface area contributed by atoms with Crippen molar-refractivity contribution >= 4 is 70.9 Å². The molecular formula is C43H78N18O12. The van der Waals surface area contributed by atoms with E-state index in [1.54, 1.807) is 0 Å². The van der Waals surface area contributed by atoms with Gasteiger partial charge in [0.1, 0.15) is 41.6 Å². The molecule has 0 aromatic rings. The third-order valence-electron chi connectivity index (χ3n) is 11.1. The van der Waals surface area contributed by atoms with Crippen molar-refractivity contribution in [2.75, 3.05) is 52.4 Å². The number of urea groups is 1. The van der Waals surface area contributed by atoms with E-state index in [9.17, 15) is 58.2 Å². The number of amides is 10. The minimum absolute atomic E-state index is 0.00970. The lowest BCUT2D eigenvalue weighted by molar-refractivity contribution is -0.137. The van der Waals surface area contributed by atoms with E-state index in [-0.39, 0.29) is 95.8 Å². The molecule has 1 rings (SSSR count). The van der Waals surface area contributed by atoms with Gasteiger partial charge in [-0.05, 0) is 104 Å². The first kappa shape index (κ1) is 64.2. The minimum atomic E-state index is -1.58. The quantitative estimate of drug-likeness (QED) is 0.0121. The van der Waals surface area contributed by atoms with Crippen LogP contribution in [0.15, 0.2) is 21.8 Å². The van der Waals surface area contributed by atoms with Crippen LogP contribution < -0.4 is 83.1 Å². The Morgan fingerprint density at radius 3 is 1.97 bits per heavy atom. The van der Waals surface area contributed by atoms with Gasteiger partial charge in [-0.1, -0.05) is 12.5 Å². The summed E-state index contributed by atoms with van der Waals surface area (Å²) in [6.07, 6.45) is 2.39. The van der Waals surface area contributed by atoms with Gasteiger partial charge >= 0.3 is 12.0 Å². The maximum atomic E-state index is 14.1. The summed E-state index contributed by atoms with van der Waals surface area (Å²) in [7, 11) is 0. The Balaban J connectivity index is 3.27. The molecule has 0 bridgehead atoms. The smallest absolute Gasteiger partial charge is 0.352 e. The number of primary amides is 1. The van der Waals surface area contributed by atoms with Gasteiger partial charge in [-0.2, -0.15) is 0 Å². The van der Waals surface area contributed by atoms with Gasteiger partial charge < -0.3 is 98.2 Å². The highest BCUT2D eigenvalue weighted by molar-refractivity contribution is 6.40. The Morgan fingerprint density at radius 2 is 1.37 bits per heavy atom. The number of rotatable bonds is 35. The van der Waals surface area contributed by atoms with Crippen LogP contribution >= 0.6 is 0 Å². The van der Waals surface area contributed by atoms with Crippen LogP contribution in [-0.4, -0.2) is 181 Å². The normalized spacial score (nSPS) is 16.0. The predicted octanol–water partition coefficient (Wildman–Crippen LogP) is -7.14. The Kier molecular flexibility index (Phi) is 31.0. The molecule has 1 aliphatic heterocycles. The lowest BCUT2D eigenvalue weighted by Gasteiger charge is -2.28. The number of aliphatic imine (C=N–C) groups is 2. The summed E-state index contributed by atoms with van der Waals surface area (Å²) in [4.78, 5) is 140. The van der Waals surface area contributed by atoms with Crippen LogP contribution in [0.1, 0.15) is 90.4 Å². The van der Waals surface area contributed by atoms with Gasteiger partial charge in [0.2, 0.25) is 35.4 Å². The van der Waals surface area contributed by atoms with Crippen molar-refractivity contribution in [3.8, 4) is 0 Å². The van der Waals surface area contributed by atoms with Gasteiger partial charge in [0, 0.05) is 26.2 Å². The number of aliphatic hydroxyl groups is 1. The van der Waals surface area contributed by atoms with E-state index in [1.807, 2.05) is 0 Å². The first-order valence-electron chi connectivity index (χ1n) is 24.1. The van der Waals surface area contributed by atoms with Crippen molar-refractivity contribution in [3.05, 3.63) is 11.8 Å². The second-order valence-corrected chi connectivity index (χ2v) is 17.0. The summed E-state index contributed by atoms with van der Waals surface area (Å²) in [6, 6.07) is -8.63. The highest BCUT2D eigenvalue weighted by atomic mass is 16.4. The molecular weight excluding hydrogens is 961 g/mol. The van der Waals surface area contributed by atoms with Gasteiger partial charge in [0.15, 0.2) is 5.96 Å². The zero-order valence-electron chi connectivity index (χ0n) is 41.4. The number of likely N-dealkylation sites (tertiary alicyclic amines) is 1. The number of aliphatic carboxylic acids is 1. The molecule has 10 amide bonds. The largest absolute Gasteiger partial charge is 0.477 e. The summed E-state index contributed by atoms with van der Waals surface area (Å²) in [6.45, 7) is 0.865. The second kappa shape index (κ2) is 35.3. The monoisotopic (exact) mass is 1040 g/mol. The fourth-order valence-corrected chi connectivity index (χ4v) is 7.08. The third kappa shape index (κ3) is 24.9. The zero-order chi connectivity index (χ0) is 55.0. The highest BCUT2D eigenvalue weighted by Crippen LogP contribution is 2.20. The number of hydrogen-bond donors (Lipinski definition) is 17. The van der Waals surface area contributed by atoms with Crippen molar-refractivity contribution in [2.24, 2.45) is 55.9 Å². The van der Waals surface area contributed by atoms with Crippen molar-refractivity contribution in [1.82, 2.24) is 42.1 Å². The molecule has 1 fully saturated rings. The van der Waals surface area contributed by atoms with Gasteiger partial charge in [0.25, 0.3) is 11.8 Å². The van der Waals surface area contributed by atoms with Crippen molar-refractivity contribution in [1.29, 1.82) is 0 Å². The summed E-state index contributed by atoms with van der Waals surface area (Å²) >= 11 is 0. The predicted molar refractivity (Wildman–Crippen MR) is 267 cm³/mol. The molecule has 0 aliphatic carbocycles. The van der Waals surface area contributed by atoms with Gasteiger partial charge in [-0.15, -0.1) is 0 Å². The highest BCUT2D eigenvalue weighted by Gasteiger charge is 2.38. The number of carboxylic acid groups (broad SMARTS) is 1. The molecule has 0 saturated carbocycles. The van der Waals surface area contributed by atoms with Gasteiger partial charge in [-0.25, -0.2) is 14.6 Å². The van der Waals surface area contributed by atoms with E-state index < -0.39 is 120 Å². The number of carboxylic acids is 1. The number of carbonyl (C=O) groups excluding carboxylic acids is 9. The van der Waals surface area contributed by atoms with E-state index in [0.29, 0.717) is 38.6 Å². The topological polar surface area (TPSA) is 531 Å². The Morgan fingerprint density at radius 1 is 0.740 bits per heavy atom. The Hall–Kier alpha value is -6.86. The number of nitrogens with one attached hydrogen (secondary N) is 7. The van der Waals surface area contributed by atoms with E-state index in [2.05, 4.69) is 47.2 Å². The third-order valence-corrected chi connectivity index (χ3v) is 11.1. The number of nitrogens with two attached hydrogens (primary N) is 8. The molecule has 0 radical (unpaired) electrons. The van der Waals surface area contributed by atoms with E-state index >= 15 is 0 Å². The zero-order valence-corrected chi connectivity index (χ0v) is 41.4. The number of guanidine groups is 1. The van der Waals surface area contributed by atoms with E-state index in [0.717, 1.165) is 0 Å². The maximum absolute atomic E-state index is 14.1. The lowest BCUT2D eigenvalue weighted by Crippen LogP contribution is -2.60. The molecule has 0 aromatic carbocycles. The van der Waals surface area contributed by atoms with Crippen molar-refractivity contribution in [3.63, 3.8) is 0 Å². The second-order valence-electron chi connectivity index (χ2n) is 17.0. The van der Waals surface area contributed by atoms with Crippen LogP contribution in [0.25, 0.3) is 0 Å². The molecule has 1 aliphatic rings. The first-order valence-corrected chi connectivity index (χ1v) is 24.1. The molecule has 1 heterocycles. The lowest BCUT2D eigenvalue weighted by atomic mass is 10.1. The van der Waals surface area contributed by atoms with Crippen molar-refractivity contribution in [2.45, 2.75) is 133 Å². The van der Waals surface area contributed by atoms with E-state index in [1.165, 1.54) is 17.9 Å². The standard InChI is InChI=1S/C43H78N18O12/c1-24(55-39(69)33(31(62)22-47)60-35(65)25(48)10-2-4-16-44)34(64)54-23-32(63)56-28(12-6-18-46)40(70)61-21-9-15-30(61)38(68)58-27(13-7-20-53-43(51)73)36(66)57-26(11-3-5-17-45)37(67)59-29(41(71)72)14-8-19-52-42(49)50/h14,24-27,30-31,33,62H,2-13,15-23,44-48H2,1H3,(H,54,64)(H,55,69)(H,57,66)(H,58,68)(H,59,67)(H,60,65)(H,71,72)(H4,49,50,52)(H3,51,53,73)/b29-14-,56-28?/t24-,25-,26-,27-,30-,31-,33-/m0/s1. The molecule has 412 valence electrons.